The largest absolute Gasteiger partial charge is 0.506 e. The Bertz CT molecular complexity index is 919. The maximum absolute atomic E-state index is 10.1. The van der Waals surface area contributed by atoms with Gasteiger partial charge >= 0.3 is 0 Å². The van der Waals surface area contributed by atoms with E-state index in [0.29, 0.717) is 6.42 Å². The van der Waals surface area contributed by atoms with E-state index in [9.17, 15) is 5.11 Å². The zero-order chi connectivity index (χ0) is 15.8. The number of rotatable bonds is 3. The molecule has 7 heteroatoms. The lowest BCUT2D eigenvalue weighted by Crippen LogP contribution is -2.36. The number of allylic oxidation sites excluding steroid dienone is 2. The molecular formula is C16H16N6O. The smallest absolute Gasteiger partial charge is 0.138 e. The minimum absolute atomic E-state index is 0.234. The van der Waals surface area contributed by atoms with Crippen LogP contribution in [0.3, 0.4) is 0 Å². The zero-order valence-corrected chi connectivity index (χ0v) is 12.6. The van der Waals surface area contributed by atoms with Crippen molar-refractivity contribution in [2.24, 2.45) is 7.05 Å². The first-order chi connectivity index (χ1) is 11.2. The average Bonchev–Trinajstić information content (AvgIpc) is 3.18. The number of hydrogen-bond donors (Lipinski definition) is 3. The molecule has 1 aliphatic heterocycles. The molecule has 0 amide bonds. The van der Waals surface area contributed by atoms with Gasteiger partial charge in [-0.1, -0.05) is 6.07 Å². The molecule has 3 heterocycles. The molecule has 0 fully saturated rings. The first-order valence-corrected chi connectivity index (χ1v) is 7.26. The summed E-state index contributed by atoms with van der Waals surface area (Å²) in [5, 5.41) is 24.1. The molecule has 0 saturated carbocycles. The first kappa shape index (κ1) is 13.4. The Morgan fingerprint density at radius 3 is 3.00 bits per heavy atom. The Hall–Kier alpha value is -3.22. The van der Waals surface area contributed by atoms with Crippen LogP contribution in [-0.4, -0.2) is 25.1 Å². The fraction of sp³-hybridized carbons (Fsp3) is 0.125. The van der Waals surface area contributed by atoms with Gasteiger partial charge in [-0.25, -0.2) is 0 Å². The summed E-state index contributed by atoms with van der Waals surface area (Å²) in [7, 11) is 1.87. The van der Waals surface area contributed by atoms with Gasteiger partial charge in [0.05, 0.1) is 29.8 Å². The predicted molar refractivity (Wildman–Crippen MR) is 87.4 cm³/mol. The number of aliphatic hydroxyl groups excluding tert-OH is 1. The van der Waals surface area contributed by atoms with Crippen molar-refractivity contribution in [1.82, 2.24) is 25.4 Å². The van der Waals surface area contributed by atoms with Gasteiger partial charge in [0.15, 0.2) is 0 Å². The average molecular weight is 308 g/mol. The summed E-state index contributed by atoms with van der Waals surface area (Å²) in [6.07, 6.45) is 9.49. The molecule has 116 valence electrons. The highest BCUT2D eigenvalue weighted by molar-refractivity contribution is 5.78. The van der Waals surface area contributed by atoms with Gasteiger partial charge < -0.3 is 5.11 Å². The Morgan fingerprint density at radius 1 is 1.26 bits per heavy atom. The summed E-state index contributed by atoms with van der Waals surface area (Å²) in [5.41, 5.74) is 6.95. The first-order valence-electron chi connectivity index (χ1n) is 7.26. The van der Waals surface area contributed by atoms with E-state index < -0.39 is 0 Å². The van der Waals surface area contributed by atoms with Crippen molar-refractivity contribution in [3.05, 3.63) is 66.1 Å². The molecule has 3 N–H and O–H groups in total. The Labute approximate surface area is 132 Å². The number of fused-ring (bicyclic) bond motifs is 1. The summed E-state index contributed by atoms with van der Waals surface area (Å²) in [6, 6.07) is 6.08. The number of benzene rings is 1. The molecule has 0 atom stereocenters. The standard InChI is InChI=1S/C16H16N6O/c1-21-10-13(9-18-21)22-5-4-16(23)15(20-22)7-11-2-3-14-12(6-11)8-17-19-14/h2-6,8-10,20,23H,7H2,1H3,(H,17,19). The molecule has 0 aliphatic carbocycles. The van der Waals surface area contributed by atoms with E-state index >= 15 is 0 Å². The summed E-state index contributed by atoms with van der Waals surface area (Å²) in [4.78, 5) is 0. The molecule has 3 aromatic rings. The van der Waals surface area contributed by atoms with Crippen molar-refractivity contribution in [1.29, 1.82) is 0 Å². The van der Waals surface area contributed by atoms with Crippen LogP contribution in [0.15, 0.2) is 60.5 Å². The lowest BCUT2D eigenvalue weighted by atomic mass is 10.1. The second-order valence-electron chi connectivity index (χ2n) is 5.50. The molecule has 0 bridgehead atoms. The molecule has 0 unspecified atom stereocenters. The van der Waals surface area contributed by atoms with E-state index in [2.05, 4.69) is 26.8 Å². The number of hydrogen-bond acceptors (Lipinski definition) is 5. The number of aryl methyl sites for hydroxylation is 1. The third-order valence-corrected chi connectivity index (χ3v) is 3.80. The van der Waals surface area contributed by atoms with Gasteiger partial charge in [-0.3, -0.25) is 20.2 Å². The topological polar surface area (TPSA) is 82.0 Å². The highest BCUT2D eigenvalue weighted by Crippen LogP contribution is 2.21. The molecule has 1 aliphatic rings. The van der Waals surface area contributed by atoms with Crippen molar-refractivity contribution in [3.63, 3.8) is 0 Å². The van der Waals surface area contributed by atoms with Gasteiger partial charge in [0.2, 0.25) is 0 Å². The minimum Gasteiger partial charge on any atom is -0.506 e. The summed E-state index contributed by atoms with van der Waals surface area (Å²) in [5.74, 6) is 0.234. The molecule has 23 heavy (non-hydrogen) atoms. The molecule has 7 nitrogen and oxygen atoms in total. The van der Waals surface area contributed by atoms with E-state index in [1.54, 1.807) is 29.4 Å². The van der Waals surface area contributed by atoms with Crippen molar-refractivity contribution < 1.29 is 5.11 Å². The van der Waals surface area contributed by atoms with Crippen LogP contribution in [0.2, 0.25) is 0 Å². The number of aromatic nitrogens is 4. The molecule has 4 rings (SSSR count). The van der Waals surface area contributed by atoms with Crippen LogP contribution in [0, 0.1) is 0 Å². The molecule has 1 aromatic carbocycles. The van der Waals surface area contributed by atoms with Gasteiger partial charge in [0.1, 0.15) is 11.4 Å². The lowest BCUT2D eigenvalue weighted by molar-refractivity contribution is 0.412. The fourth-order valence-electron chi connectivity index (χ4n) is 2.61. The molecule has 2 aromatic heterocycles. The van der Waals surface area contributed by atoms with Gasteiger partial charge in [-0.05, 0) is 17.7 Å². The third kappa shape index (κ3) is 2.52. The summed E-state index contributed by atoms with van der Waals surface area (Å²) < 4.78 is 1.73. The second-order valence-corrected chi connectivity index (χ2v) is 5.50. The number of nitrogens with one attached hydrogen (secondary N) is 2. The monoisotopic (exact) mass is 308 g/mol. The maximum Gasteiger partial charge on any atom is 0.138 e. The SMILES string of the molecule is Cn1cc(N2C=CC(O)=C(Cc3ccc4[nH]ncc4c3)N2)cn1. The van der Waals surface area contributed by atoms with E-state index in [4.69, 9.17) is 0 Å². The Balaban J connectivity index is 1.58. The van der Waals surface area contributed by atoms with Crippen LogP contribution < -0.4 is 10.4 Å². The summed E-state index contributed by atoms with van der Waals surface area (Å²) >= 11 is 0. The van der Waals surface area contributed by atoms with Gasteiger partial charge in [0, 0.05) is 31.1 Å². The van der Waals surface area contributed by atoms with Crippen molar-refractivity contribution in [2.45, 2.75) is 6.42 Å². The number of nitrogens with zero attached hydrogens (tertiary/aromatic N) is 4. The minimum atomic E-state index is 0.234. The maximum atomic E-state index is 10.1. The molecular weight excluding hydrogens is 292 g/mol. The lowest BCUT2D eigenvalue weighted by Gasteiger charge is -2.26. The number of aromatic amines is 1. The van der Waals surface area contributed by atoms with Gasteiger partial charge in [-0.15, -0.1) is 0 Å². The van der Waals surface area contributed by atoms with E-state index in [1.807, 2.05) is 30.4 Å². The fourth-order valence-corrected chi connectivity index (χ4v) is 2.61. The van der Waals surface area contributed by atoms with Crippen LogP contribution in [0.1, 0.15) is 5.56 Å². The van der Waals surface area contributed by atoms with Crippen molar-refractivity contribution in [3.8, 4) is 0 Å². The van der Waals surface area contributed by atoms with Crippen LogP contribution in [0.5, 0.6) is 0 Å². The zero-order valence-electron chi connectivity index (χ0n) is 12.6. The van der Waals surface area contributed by atoms with E-state index in [1.165, 1.54) is 0 Å². The van der Waals surface area contributed by atoms with E-state index in [-0.39, 0.29) is 5.76 Å². The molecule has 0 radical (unpaired) electrons. The number of H-pyrrole nitrogens is 1. The normalized spacial score (nSPS) is 14.6. The van der Waals surface area contributed by atoms with Crippen LogP contribution in [0.4, 0.5) is 5.69 Å². The quantitative estimate of drug-likeness (QED) is 0.690. The highest BCUT2D eigenvalue weighted by atomic mass is 16.3. The van der Waals surface area contributed by atoms with Gasteiger partial charge in [0.25, 0.3) is 0 Å². The van der Waals surface area contributed by atoms with Crippen LogP contribution in [-0.2, 0) is 13.5 Å². The number of hydrazine groups is 1. The molecule has 0 saturated heterocycles. The van der Waals surface area contributed by atoms with Gasteiger partial charge in [-0.2, -0.15) is 10.2 Å². The number of aliphatic hydroxyl groups is 1. The third-order valence-electron chi connectivity index (χ3n) is 3.80. The Morgan fingerprint density at radius 2 is 2.17 bits per heavy atom. The van der Waals surface area contributed by atoms with Crippen molar-refractivity contribution >= 4 is 16.6 Å². The second kappa shape index (κ2) is 5.20. The van der Waals surface area contributed by atoms with Crippen LogP contribution >= 0.6 is 0 Å². The molecule has 0 spiro atoms. The Kier molecular flexibility index (Phi) is 3.04. The number of anilines is 1. The van der Waals surface area contributed by atoms with E-state index in [0.717, 1.165) is 27.9 Å². The summed E-state index contributed by atoms with van der Waals surface area (Å²) in [6.45, 7) is 0. The van der Waals surface area contributed by atoms with Crippen LogP contribution in [0.25, 0.3) is 10.9 Å². The predicted octanol–water partition coefficient (Wildman–Crippen LogP) is 2.15. The van der Waals surface area contributed by atoms with Crippen molar-refractivity contribution in [2.75, 3.05) is 5.01 Å². The highest BCUT2D eigenvalue weighted by Gasteiger charge is 2.15.